The van der Waals surface area contributed by atoms with Crippen molar-refractivity contribution < 1.29 is 9.90 Å². The van der Waals surface area contributed by atoms with E-state index in [1.165, 1.54) is 0 Å². The van der Waals surface area contributed by atoms with Crippen LogP contribution in [0.25, 0.3) is 0 Å². The Balaban J connectivity index is -0.0000000450. The molecule has 0 fully saturated rings. The molecule has 0 saturated heterocycles. The normalized spacial score (nSPS) is 4.00. The summed E-state index contributed by atoms with van der Waals surface area (Å²) in [5.74, 6) is 0. The second-order valence-corrected chi connectivity index (χ2v) is 0.319. The first-order valence-electron chi connectivity index (χ1n) is 0.697. The van der Waals surface area contributed by atoms with Gasteiger partial charge in [-0.15, -0.1) is 0 Å². The van der Waals surface area contributed by atoms with Gasteiger partial charge in [0, 0.05) is 51.4 Å². The summed E-state index contributed by atoms with van der Waals surface area (Å²) in [5.41, 5.74) is 3.92. The molecule has 0 aromatic rings. The molecule has 0 saturated carbocycles. The molecule has 0 unspecified atom stereocenters. The van der Waals surface area contributed by atoms with Crippen molar-refractivity contribution in [1.29, 1.82) is 0 Å². The second kappa shape index (κ2) is 9.29. The van der Waals surface area contributed by atoms with Crippen LogP contribution in [-0.4, -0.2) is 57.5 Å². The molecule has 0 aromatic heterocycles. The zero-order chi connectivity index (χ0) is 3.58. The van der Waals surface area contributed by atoms with E-state index in [1.54, 1.807) is 0 Å². The number of primary amides is 1. The number of carboxylic acid groups (broad SMARTS) is 1. The molecule has 1 amide bonds. The standard InChI is InChI=1S/CH3NO2.K.H3N/c2-1(3)4;;/h2H2,(H,3,4);;1H3. The number of carbonyl (C=O) groups excluding carboxylic acids is 1. The Morgan fingerprint density at radius 2 is 1.67 bits per heavy atom. The van der Waals surface area contributed by atoms with Crippen LogP contribution >= 0.6 is 0 Å². The predicted molar refractivity (Wildman–Crippen MR) is 21.3 cm³/mol. The fourth-order valence-electron chi connectivity index (χ4n) is 0. The van der Waals surface area contributed by atoms with Crippen LogP contribution in [0.4, 0.5) is 4.79 Å². The van der Waals surface area contributed by atoms with Gasteiger partial charge in [-0.3, -0.25) is 0 Å². The second-order valence-electron chi connectivity index (χ2n) is 0.319. The average Bonchev–Trinajstić information content (AvgIpc) is 0.811. The number of hydrogen-bond acceptors (Lipinski definition) is 2. The van der Waals surface area contributed by atoms with Crippen LogP contribution in [0.2, 0.25) is 0 Å². The summed E-state index contributed by atoms with van der Waals surface area (Å²) >= 11 is 0. The van der Waals surface area contributed by atoms with Crippen LogP contribution in [0.15, 0.2) is 0 Å². The first-order valence-corrected chi connectivity index (χ1v) is 0.697. The molecule has 0 bridgehead atoms. The van der Waals surface area contributed by atoms with Crippen molar-refractivity contribution in [2.75, 3.05) is 0 Å². The van der Waals surface area contributed by atoms with Crippen molar-refractivity contribution in [2.45, 2.75) is 0 Å². The minimum atomic E-state index is -1.58. The smallest absolute Gasteiger partial charge is 0.131 e. The Labute approximate surface area is 78.1 Å². The zero-order valence-electron chi connectivity index (χ0n) is 3.89. The molecule has 33 valence electrons. The molecule has 0 aliphatic heterocycles. The van der Waals surface area contributed by atoms with Gasteiger partial charge in [0.25, 0.3) is 0 Å². The van der Waals surface area contributed by atoms with Gasteiger partial charge < -0.3 is 21.8 Å². The van der Waals surface area contributed by atoms with Crippen LogP contribution in [-0.2, 0) is 0 Å². The Bertz CT molecular complexity index is 34.5. The van der Waals surface area contributed by atoms with E-state index in [2.05, 4.69) is 5.73 Å². The molecule has 0 heterocycles. The number of hydrogen-bond donors (Lipinski definition) is 2. The molecule has 4 nitrogen and oxygen atoms in total. The van der Waals surface area contributed by atoms with Gasteiger partial charge in [0.15, 0.2) is 0 Å². The Kier molecular flexibility index (Phi) is 24.5. The van der Waals surface area contributed by atoms with Gasteiger partial charge in [0.1, 0.15) is 6.09 Å². The Morgan fingerprint density at radius 1 is 1.67 bits per heavy atom. The third-order valence-electron chi connectivity index (χ3n) is 0. The molecule has 0 spiro atoms. The zero-order valence-corrected chi connectivity index (χ0v) is 7.02. The summed E-state index contributed by atoms with van der Waals surface area (Å²) in [4.78, 5) is 8.67. The van der Waals surface area contributed by atoms with Gasteiger partial charge in [-0.2, -0.15) is 0 Å². The molecular weight excluding hydrogens is 111 g/mol. The van der Waals surface area contributed by atoms with E-state index >= 15 is 0 Å². The molecule has 0 aliphatic rings. The maximum atomic E-state index is 8.67. The predicted octanol–water partition coefficient (Wildman–Crippen LogP) is -1.72. The molecule has 6 heavy (non-hydrogen) atoms. The number of amides is 1. The Hall–Kier alpha value is 0.866. The molecular formula is CH6KN2O2. The van der Waals surface area contributed by atoms with Gasteiger partial charge in [-0.25, -0.2) is 0 Å². The van der Waals surface area contributed by atoms with Crippen molar-refractivity contribution >= 4 is 57.5 Å². The van der Waals surface area contributed by atoms with Crippen LogP contribution in [0.5, 0.6) is 0 Å². The largest absolute Gasteiger partial charge is 0.530 e. The topological polar surface area (TPSA) is 103 Å². The maximum Gasteiger partial charge on any atom is 0.131 e. The van der Waals surface area contributed by atoms with Gasteiger partial charge in [-0.05, 0) is 0 Å². The monoisotopic (exact) mass is 117 g/mol. The summed E-state index contributed by atoms with van der Waals surface area (Å²) in [6.07, 6.45) is -1.58. The quantitative estimate of drug-likeness (QED) is 0.369. The molecule has 0 atom stereocenters. The van der Waals surface area contributed by atoms with Crippen LogP contribution < -0.4 is 17.0 Å². The van der Waals surface area contributed by atoms with E-state index in [1.807, 2.05) is 0 Å². The molecule has 0 aromatic carbocycles. The SMILES string of the molecule is NC(=O)[O-].[K].[NH4+]. The molecule has 0 rings (SSSR count). The molecule has 6 N–H and O–H groups in total. The Morgan fingerprint density at radius 3 is 1.67 bits per heavy atom. The van der Waals surface area contributed by atoms with Crippen molar-refractivity contribution in [3.05, 3.63) is 0 Å². The van der Waals surface area contributed by atoms with Crippen molar-refractivity contribution in [2.24, 2.45) is 5.73 Å². The molecule has 1 radical (unpaired) electrons. The fraction of sp³-hybridized carbons (Fsp3) is 0. The maximum absolute atomic E-state index is 8.67. The first kappa shape index (κ1) is 15.8. The molecule has 0 aliphatic carbocycles. The number of quaternary nitrogens is 1. The minimum Gasteiger partial charge on any atom is -0.530 e. The van der Waals surface area contributed by atoms with Gasteiger partial charge >= 0.3 is 0 Å². The average molecular weight is 117 g/mol. The number of rotatable bonds is 0. The van der Waals surface area contributed by atoms with E-state index in [4.69, 9.17) is 9.90 Å². The van der Waals surface area contributed by atoms with Gasteiger partial charge in [0.2, 0.25) is 0 Å². The van der Waals surface area contributed by atoms with Crippen molar-refractivity contribution in [3.63, 3.8) is 0 Å². The summed E-state index contributed by atoms with van der Waals surface area (Å²) in [6, 6.07) is 0. The van der Waals surface area contributed by atoms with E-state index in [0.29, 0.717) is 0 Å². The van der Waals surface area contributed by atoms with Crippen LogP contribution in [0.3, 0.4) is 0 Å². The van der Waals surface area contributed by atoms with Gasteiger partial charge in [0.05, 0.1) is 0 Å². The van der Waals surface area contributed by atoms with Crippen molar-refractivity contribution in [1.82, 2.24) is 6.15 Å². The third kappa shape index (κ3) is 96.9. The van der Waals surface area contributed by atoms with E-state index in [0.717, 1.165) is 0 Å². The van der Waals surface area contributed by atoms with Crippen LogP contribution in [0.1, 0.15) is 0 Å². The summed E-state index contributed by atoms with van der Waals surface area (Å²) < 4.78 is 0. The number of carbonyl (C=O) groups is 1. The molecule has 5 heteroatoms. The third-order valence-corrected chi connectivity index (χ3v) is 0. The van der Waals surface area contributed by atoms with Crippen LogP contribution in [0, 0.1) is 0 Å². The summed E-state index contributed by atoms with van der Waals surface area (Å²) in [5, 5.41) is 8.67. The first-order chi connectivity index (χ1) is 1.73. The summed E-state index contributed by atoms with van der Waals surface area (Å²) in [7, 11) is 0. The summed E-state index contributed by atoms with van der Waals surface area (Å²) in [6.45, 7) is 0. The van der Waals surface area contributed by atoms with E-state index in [-0.39, 0.29) is 57.5 Å². The minimum absolute atomic E-state index is 0. The van der Waals surface area contributed by atoms with Crippen molar-refractivity contribution in [3.8, 4) is 0 Å². The van der Waals surface area contributed by atoms with E-state index < -0.39 is 6.09 Å². The number of nitrogens with two attached hydrogens (primary N) is 1. The van der Waals surface area contributed by atoms with E-state index in [9.17, 15) is 0 Å². The van der Waals surface area contributed by atoms with Gasteiger partial charge in [-0.1, -0.05) is 0 Å². The fourth-order valence-corrected chi connectivity index (χ4v) is 0.